The molecule has 0 radical (unpaired) electrons. The summed E-state index contributed by atoms with van der Waals surface area (Å²) in [5.74, 6) is -0.267. The van der Waals surface area contributed by atoms with Crippen LogP contribution in [0.5, 0.6) is 0 Å². The summed E-state index contributed by atoms with van der Waals surface area (Å²) < 4.78 is 16.6. The van der Waals surface area contributed by atoms with Crippen molar-refractivity contribution in [3.63, 3.8) is 0 Å². The van der Waals surface area contributed by atoms with E-state index in [9.17, 15) is 35.1 Å². The number of hydrogen-bond acceptors (Lipinski definition) is 10. The van der Waals surface area contributed by atoms with Gasteiger partial charge in [0, 0.05) is 12.8 Å². The van der Waals surface area contributed by atoms with Crippen molar-refractivity contribution in [3.05, 3.63) is 60.8 Å². The highest BCUT2D eigenvalue weighted by Crippen LogP contribution is 2.22. The Morgan fingerprint density at radius 3 is 1.65 bits per heavy atom. The van der Waals surface area contributed by atoms with E-state index in [1.54, 1.807) is 6.08 Å². The lowest BCUT2D eigenvalue weighted by atomic mass is 9.99. The Hall–Kier alpha value is -2.64. The third-order valence-electron chi connectivity index (χ3n) is 11.8. The molecule has 11 nitrogen and oxygen atoms in total. The second kappa shape index (κ2) is 43.9. The Kier molecular flexibility index (Phi) is 40.8. The number of aliphatic hydroxyl groups excluding tert-OH is 5. The fourth-order valence-corrected chi connectivity index (χ4v) is 7.64. The summed E-state index contributed by atoms with van der Waals surface area (Å²) in [6.07, 6.45) is 44.5. The smallest absolute Gasteiger partial charge is 0.305 e. The monoisotopic (exact) mass is 918 g/mol. The average molecular weight is 918 g/mol. The summed E-state index contributed by atoms with van der Waals surface area (Å²) in [7, 11) is 0. The lowest BCUT2D eigenvalue weighted by molar-refractivity contribution is -0.302. The summed E-state index contributed by atoms with van der Waals surface area (Å²) in [6.45, 7) is 4.14. The SMILES string of the molecule is CCC/C=C/CC/C=C/CC/C=C/C(O)C(COC1OC(CO)C(O)C(O)C1O)NC(=O)CCCCCCCC/C=C\C=C/CCCCCOC(=O)CCCCCCCCCCCCC. The number of carbonyl (C=O) groups is 2. The number of ether oxygens (including phenoxy) is 3. The lowest BCUT2D eigenvalue weighted by Gasteiger charge is -2.40. The zero-order chi connectivity index (χ0) is 47.4. The first-order valence-electron chi connectivity index (χ1n) is 26.1. The molecule has 11 heteroatoms. The minimum Gasteiger partial charge on any atom is -0.466 e. The standard InChI is InChI=1S/C54H95NO10/c1-3-5-7-9-11-13-20-24-28-32-36-40-47(57)46(45-64-54-53(62)52(61)51(60)48(44-56)65-54)55-49(58)41-37-33-29-25-22-18-16-15-17-19-23-27-31-35-39-43-63-50(59)42-38-34-30-26-21-14-12-10-8-6-4-2/h7,9,15,17,19-20,23-24,36,40,46-48,51-54,56-57,60-62H,3-6,8,10-14,16,18,21-22,25-35,37-39,41-45H2,1-2H3,(H,55,58)/b9-7+,17-15-,23-19-,24-20+,40-36+. The Bertz CT molecular complexity index is 1270. The van der Waals surface area contributed by atoms with Crippen molar-refractivity contribution >= 4 is 11.9 Å². The summed E-state index contributed by atoms with van der Waals surface area (Å²) in [5, 5.41) is 54.1. The summed E-state index contributed by atoms with van der Waals surface area (Å²) in [4.78, 5) is 25.0. The minimum absolute atomic E-state index is 0.0441. The van der Waals surface area contributed by atoms with Crippen LogP contribution in [0.15, 0.2) is 60.8 Å². The Balaban J connectivity index is 2.21. The summed E-state index contributed by atoms with van der Waals surface area (Å²) in [6, 6.07) is -0.851. The van der Waals surface area contributed by atoms with Crippen molar-refractivity contribution in [2.24, 2.45) is 0 Å². The molecule has 1 aliphatic rings. The largest absolute Gasteiger partial charge is 0.466 e. The van der Waals surface area contributed by atoms with Crippen molar-refractivity contribution in [3.8, 4) is 0 Å². The van der Waals surface area contributed by atoms with Crippen molar-refractivity contribution in [2.45, 2.75) is 249 Å². The van der Waals surface area contributed by atoms with Crippen LogP contribution in [-0.4, -0.2) is 100 Å². The number of unbranched alkanes of at least 4 members (excludes halogenated alkanes) is 22. The number of hydrogen-bond donors (Lipinski definition) is 6. The molecule has 65 heavy (non-hydrogen) atoms. The highest BCUT2D eigenvalue weighted by Gasteiger charge is 2.44. The molecule has 0 saturated carbocycles. The molecular formula is C54H95NO10. The molecule has 0 aromatic rings. The van der Waals surface area contributed by atoms with Gasteiger partial charge in [0.15, 0.2) is 6.29 Å². The third-order valence-corrected chi connectivity index (χ3v) is 11.8. The molecule has 376 valence electrons. The van der Waals surface area contributed by atoms with Crippen LogP contribution in [0.4, 0.5) is 0 Å². The van der Waals surface area contributed by atoms with Crippen molar-refractivity contribution < 1.29 is 49.3 Å². The Morgan fingerprint density at radius 2 is 1.08 bits per heavy atom. The van der Waals surface area contributed by atoms with Crippen LogP contribution in [0.3, 0.4) is 0 Å². The molecule has 1 fully saturated rings. The van der Waals surface area contributed by atoms with E-state index in [1.165, 1.54) is 57.8 Å². The van der Waals surface area contributed by atoms with Gasteiger partial charge in [-0.2, -0.15) is 0 Å². The fraction of sp³-hybridized carbons (Fsp3) is 0.778. The lowest BCUT2D eigenvalue weighted by Crippen LogP contribution is -2.60. The number of esters is 1. The number of rotatable bonds is 43. The highest BCUT2D eigenvalue weighted by atomic mass is 16.7. The van der Waals surface area contributed by atoms with Crippen LogP contribution in [0.2, 0.25) is 0 Å². The maximum absolute atomic E-state index is 13.0. The van der Waals surface area contributed by atoms with E-state index in [0.29, 0.717) is 32.3 Å². The maximum Gasteiger partial charge on any atom is 0.305 e. The molecule has 1 amide bonds. The molecule has 0 bridgehead atoms. The van der Waals surface area contributed by atoms with Gasteiger partial charge in [-0.15, -0.1) is 0 Å². The molecular weight excluding hydrogens is 823 g/mol. The van der Waals surface area contributed by atoms with E-state index in [0.717, 1.165) is 109 Å². The normalized spacial score (nSPS) is 20.3. The third kappa shape index (κ3) is 34.3. The molecule has 0 aliphatic carbocycles. The van der Waals surface area contributed by atoms with Gasteiger partial charge in [-0.25, -0.2) is 0 Å². The molecule has 1 aliphatic heterocycles. The molecule has 0 aromatic carbocycles. The minimum atomic E-state index is -1.59. The van der Waals surface area contributed by atoms with Gasteiger partial charge in [0.2, 0.25) is 5.91 Å². The Morgan fingerprint density at radius 1 is 0.569 bits per heavy atom. The molecule has 1 saturated heterocycles. The van der Waals surface area contributed by atoms with Gasteiger partial charge in [0.05, 0.1) is 32.0 Å². The van der Waals surface area contributed by atoms with Gasteiger partial charge >= 0.3 is 5.97 Å². The van der Waals surface area contributed by atoms with Crippen LogP contribution in [0, 0.1) is 0 Å². The van der Waals surface area contributed by atoms with Crippen LogP contribution in [0.25, 0.3) is 0 Å². The first-order chi connectivity index (χ1) is 31.7. The quantitative estimate of drug-likeness (QED) is 0.0149. The van der Waals surface area contributed by atoms with Gasteiger partial charge in [0.1, 0.15) is 24.4 Å². The van der Waals surface area contributed by atoms with E-state index in [1.807, 2.05) is 6.08 Å². The number of carbonyl (C=O) groups excluding carboxylic acids is 2. The zero-order valence-electron chi connectivity index (χ0n) is 40.9. The predicted octanol–water partition coefficient (Wildman–Crippen LogP) is 10.7. The van der Waals surface area contributed by atoms with Crippen LogP contribution < -0.4 is 5.32 Å². The zero-order valence-corrected chi connectivity index (χ0v) is 40.9. The average Bonchev–Trinajstić information content (AvgIpc) is 3.30. The fourth-order valence-electron chi connectivity index (χ4n) is 7.64. The second-order valence-electron chi connectivity index (χ2n) is 17.9. The Labute approximate surface area is 395 Å². The van der Waals surface area contributed by atoms with Gasteiger partial charge in [-0.3, -0.25) is 9.59 Å². The summed E-state index contributed by atoms with van der Waals surface area (Å²) in [5.41, 5.74) is 0. The number of aliphatic hydroxyl groups is 5. The van der Waals surface area contributed by atoms with E-state index in [-0.39, 0.29) is 18.5 Å². The van der Waals surface area contributed by atoms with E-state index >= 15 is 0 Å². The van der Waals surface area contributed by atoms with E-state index < -0.39 is 49.5 Å². The molecule has 1 heterocycles. The predicted molar refractivity (Wildman–Crippen MR) is 264 cm³/mol. The molecule has 1 rings (SSSR count). The molecule has 7 atom stereocenters. The summed E-state index contributed by atoms with van der Waals surface area (Å²) >= 11 is 0. The van der Waals surface area contributed by atoms with Crippen molar-refractivity contribution in [1.82, 2.24) is 5.32 Å². The van der Waals surface area contributed by atoms with Crippen LogP contribution in [-0.2, 0) is 23.8 Å². The van der Waals surface area contributed by atoms with Crippen LogP contribution >= 0.6 is 0 Å². The van der Waals surface area contributed by atoms with Crippen LogP contribution in [0.1, 0.15) is 206 Å². The number of amides is 1. The second-order valence-corrected chi connectivity index (χ2v) is 17.9. The van der Waals surface area contributed by atoms with Gasteiger partial charge in [0.25, 0.3) is 0 Å². The molecule has 7 unspecified atom stereocenters. The topological polar surface area (TPSA) is 175 Å². The first kappa shape index (κ1) is 60.4. The van der Waals surface area contributed by atoms with E-state index in [4.69, 9.17) is 14.2 Å². The first-order valence-corrected chi connectivity index (χ1v) is 26.1. The van der Waals surface area contributed by atoms with Gasteiger partial charge in [-0.1, -0.05) is 171 Å². The number of nitrogens with one attached hydrogen (secondary N) is 1. The van der Waals surface area contributed by atoms with E-state index in [2.05, 4.69) is 67.8 Å². The molecule has 0 spiro atoms. The highest BCUT2D eigenvalue weighted by molar-refractivity contribution is 5.76. The van der Waals surface area contributed by atoms with Crippen molar-refractivity contribution in [2.75, 3.05) is 19.8 Å². The molecule has 0 aromatic heterocycles. The number of allylic oxidation sites excluding steroid dienone is 9. The van der Waals surface area contributed by atoms with Gasteiger partial charge < -0.3 is 45.1 Å². The van der Waals surface area contributed by atoms with Crippen molar-refractivity contribution in [1.29, 1.82) is 0 Å². The van der Waals surface area contributed by atoms with Gasteiger partial charge in [-0.05, 0) is 83.5 Å². The maximum atomic E-state index is 13.0. The molecule has 6 N–H and O–H groups in total.